The number of rotatable bonds is 3. The standard InChI is InChI=1S/C20H21N3O3S/c1-22-18-10-3-2-7-15(18)13-19(22)20(24)21-16-8-6-9-17(14-16)23-11-4-5-12-27(23,25)26/h2-3,6-10,13-14H,4-5,11-12H2,1H3,(H,21,24). The number of nitrogens with one attached hydrogen (secondary N) is 1. The maximum atomic E-state index is 12.8. The molecule has 0 bridgehead atoms. The largest absolute Gasteiger partial charge is 0.340 e. The molecule has 1 amide bonds. The molecule has 1 fully saturated rings. The second kappa shape index (κ2) is 6.74. The van der Waals surface area contributed by atoms with E-state index in [4.69, 9.17) is 0 Å². The zero-order chi connectivity index (χ0) is 19.0. The van der Waals surface area contributed by atoms with Crippen molar-refractivity contribution in [1.82, 2.24) is 4.57 Å². The number of hydrogen-bond donors (Lipinski definition) is 1. The zero-order valence-corrected chi connectivity index (χ0v) is 15.9. The topological polar surface area (TPSA) is 71.4 Å². The van der Waals surface area contributed by atoms with Gasteiger partial charge in [0, 0.05) is 30.2 Å². The molecular weight excluding hydrogens is 362 g/mol. The van der Waals surface area contributed by atoms with Gasteiger partial charge in [0.1, 0.15) is 5.69 Å². The predicted molar refractivity (Wildman–Crippen MR) is 108 cm³/mol. The second-order valence-corrected chi connectivity index (χ2v) is 8.76. The molecule has 0 aliphatic carbocycles. The fourth-order valence-electron chi connectivity index (χ4n) is 3.52. The highest BCUT2D eigenvalue weighted by molar-refractivity contribution is 7.92. The summed E-state index contributed by atoms with van der Waals surface area (Å²) in [6, 6.07) is 16.7. The fraction of sp³-hybridized carbons (Fsp3) is 0.250. The first-order chi connectivity index (χ1) is 13.0. The van der Waals surface area contributed by atoms with Crippen LogP contribution in [0.3, 0.4) is 0 Å². The lowest BCUT2D eigenvalue weighted by atomic mass is 10.2. The van der Waals surface area contributed by atoms with Crippen LogP contribution >= 0.6 is 0 Å². The van der Waals surface area contributed by atoms with E-state index in [2.05, 4.69) is 5.32 Å². The van der Waals surface area contributed by atoms with Gasteiger partial charge in [0.15, 0.2) is 0 Å². The Balaban J connectivity index is 1.61. The van der Waals surface area contributed by atoms with Crippen LogP contribution in [0.5, 0.6) is 0 Å². The number of benzene rings is 2. The molecule has 1 saturated heterocycles. The van der Waals surface area contributed by atoms with Crippen LogP contribution in [0, 0.1) is 0 Å². The lowest BCUT2D eigenvalue weighted by Crippen LogP contribution is -2.37. The first kappa shape index (κ1) is 17.6. The predicted octanol–water partition coefficient (Wildman–Crippen LogP) is 3.36. The number of fused-ring (bicyclic) bond motifs is 1. The van der Waals surface area contributed by atoms with Crippen molar-refractivity contribution in [2.75, 3.05) is 21.9 Å². The van der Waals surface area contributed by atoms with Gasteiger partial charge in [-0.2, -0.15) is 0 Å². The van der Waals surface area contributed by atoms with Gasteiger partial charge in [0.05, 0.1) is 11.4 Å². The molecule has 0 atom stereocenters. The Morgan fingerprint density at radius 2 is 1.85 bits per heavy atom. The molecule has 1 aliphatic rings. The third-order valence-corrected chi connectivity index (χ3v) is 6.80. The van der Waals surface area contributed by atoms with Crippen molar-refractivity contribution in [3.05, 3.63) is 60.3 Å². The first-order valence-corrected chi connectivity index (χ1v) is 10.5. The molecule has 1 aliphatic heterocycles. The van der Waals surface area contributed by atoms with Gasteiger partial charge < -0.3 is 9.88 Å². The van der Waals surface area contributed by atoms with Crippen LogP contribution in [-0.4, -0.2) is 31.2 Å². The Kier molecular flexibility index (Phi) is 4.39. The van der Waals surface area contributed by atoms with Crippen molar-refractivity contribution in [3.8, 4) is 0 Å². The molecule has 6 nitrogen and oxygen atoms in total. The third kappa shape index (κ3) is 3.30. The van der Waals surface area contributed by atoms with Gasteiger partial charge in [-0.05, 0) is 43.2 Å². The highest BCUT2D eigenvalue weighted by Crippen LogP contribution is 2.26. The SMILES string of the molecule is Cn1c(C(=O)Nc2cccc(N3CCCCS3(=O)=O)c2)cc2ccccc21. The molecule has 0 saturated carbocycles. The van der Waals surface area contributed by atoms with E-state index in [1.165, 1.54) is 4.31 Å². The van der Waals surface area contributed by atoms with E-state index in [9.17, 15) is 13.2 Å². The number of sulfonamides is 1. The normalized spacial score (nSPS) is 16.4. The molecular formula is C20H21N3O3S. The molecule has 27 heavy (non-hydrogen) atoms. The molecule has 0 radical (unpaired) electrons. The Bertz CT molecular complexity index is 1120. The summed E-state index contributed by atoms with van der Waals surface area (Å²) in [6.45, 7) is 0.475. The number of hydrogen-bond acceptors (Lipinski definition) is 3. The number of anilines is 2. The number of nitrogens with zero attached hydrogens (tertiary/aromatic N) is 2. The number of carbonyl (C=O) groups excluding carboxylic acids is 1. The van der Waals surface area contributed by atoms with Crippen molar-refractivity contribution >= 4 is 38.2 Å². The minimum absolute atomic E-state index is 0.166. The average molecular weight is 383 g/mol. The molecule has 7 heteroatoms. The minimum Gasteiger partial charge on any atom is -0.340 e. The summed E-state index contributed by atoms with van der Waals surface area (Å²) in [5.41, 5.74) is 2.69. The number of amides is 1. The summed E-state index contributed by atoms with van der Waals surface area (Å²) >= 11 is 0. The molecule has 140 valence electrons. The average Bonchev–Trinajstić information content (AvgIpc) is 2.99. The van der Waals surface area contributed by atoms with Crippen LogP contribution in [0.2, 0.25) is 0 Å². The van der Waals surface area contributed by atoms with Gasteiger partial charge in [-0.25, -0.2) is 8.42 Å². The van der Waals surface area contributed by atoms with Gasteiger partial charge in [0.25, 0.3) is 5.91 Å². The number of para-hydroxylation sites is 1. The van der Waals surface area contributed by atoms with E-state index in [0.717, 1.165) is 17.3 Å². The van der Waals surface area contributed by atoms with Gasteiger partial charge in [-0.15, -0.1) is 0 Å². The molecule has 4 rings (SSSR count). The van der Waals surface area contributed by atoms with E-state index in [-0.39, 0.29) is 11.7 Å². The molecule has 2 heterocycles. The lowest BCUT2D eigenvalue weighted by Gasteiger charge is -2.28. The summed E-state index contributed by atoms with van der Waals surface area (Å²) in [5.74, 6) is -0.0631. The van der Waals surface area contributed by atoms with Crippen LogP contribution in [0.4, 0.5) is 11.4 Å². The summed E-state index contributed by atoms with van der Waals surface area (Å²) in [4.78, 5) is 12.8. The van der Waals surface area contributed by atoms with E-state index in [1.54, 1.807) is 24.3 Å². The van der Waals surface area contributed by atoms with Crippen LogP contribution < -0.4 is 9.62 Å². The van der Waals surface area contributed by atoms with E-state index in [1.807, 2.05) is 41.9 Å². The summed E-state index contributed by atoms with van der Waals surface area (Å²) < 4.78 is 27.9. The quantitative estimate of drug-likeness (QED) is 0.754. The number of carbonyl (C=O) groups is 1. The monoisotopic (exact) mass is 383 g/mol. The van der Waals surface area contributed by atoms with Crippen LogP contribution in [0.1, 0.15) is 23.3 Å². The molecule has 0 spiro atoms. The summed E-state index contributed by atoms with van der Waals surface area (Å²) in [5, 5.41) is 3.88. The van der Waals surface area contributed by atoms with Crippen molar-refractivity contribution in [3.63, 3.8) is 0 Å². The van der Waals surface area contributed by atoms with E-state index in [0.29, 0.717) is 30.0 Å². The van der Waals surface area contributed by atoms with Crippen LogP contribution in [-0.2, 0) is 17.1 Å². The number of aromatic nitrogens is 1. The smallest absolute Gasteiger partial charge is 0.272 e. The molecule has 3 aromatic rings. The Labute approximate surface area is 158 Å². The maximum Gasteiger partial charge on any atom is 0.272 e. The lowest BCUT2D eigenvalue weighted by molar-refractivity contribution is 0.102. The van der Waals surface area contributed by atoms with Crippen molar-refractivity contribution in [2.24, 2.45) is 7.05 Å². The van der Waals surface area contributed by atoms with Gasteiger partial charge in [0.2, 0.25) is 10.0 Å². The molecule has 2 aromatic carbocycles. The highest BCUT2D eigenvalue weighted by atomic mass is 32.2. The summed E-state index contributed by atoms with van der Waals surface area (Å²) in [6.07, 6.45) is 1.53. The van der Waals surface area contributed by atoms with E-state index < -0.39 is 10.0 Å². The van der Waals surface area contributed by atoms with Crippen molar-refractivity contribution in [2.45, 2.75) is 12.8 Å². The Hall–Kier alpha value is -2.80. The van der Waals surface area contributed by atoms with Crippen LogP contribution in [0.15, 0.2) is 54.6 Å². The van der Waals surface area contributed by atoms with E-state index >= 15 is 0 Å². The first-order valence-electron chi connectivity index (χ1n) is 8.92. The molecule has 0 unspecified atom stereocenters. The maximum absolute atomic E-state index is 12.8. The van der Waals surface area contributed by atoms with Crippen molar-refractivity contribution < 1.29 is 13.2 Å². The van der Waals surface area contributed by atoms with Gasteiger partial charge >= 0.3 is 0 Å². The Morgan fingerprint density at radius 1 is 1.04 bits per heavy atom. The van der Waals surface area contributed by atoms with Gasteiger partial charge in [-0.1, -0.05) is 24.3 Å². The number of aryl methyl sites for hydroxylation is 1. The minimum atomic E-state index is -3.28. The summed E-state index contributed by atoms with van der Waals surface area (Å²) in [7, 11) is -1.43. The van der Waals surface area contributed by atoms with Gasteiger partial charge in [-0.3, -0.25) is 9.10 Å². The second-order valence-electron chi connectivity index (χ2n) is 6.75. The van der Waals surface area contributed by atoms with Crippen molar-refractivity contribution in [1.29, 1.82) is 0 Å². The molecule has 1 aromatic heterocycles. The zero-order valence-electron chi connectivity index (χ0n) is 15.1. The molecule has 1 N–H and O–H groups in total. The highest BCUT2D eigenvalue weighted by Gasteiger charge is 2.26. The Morgan fingerprint density at radius 3 is 2.63 bits per heavy atom. The van der Waals surface area contributed by atoms with Crippen LogP contribution in [0.25, 0.3) is 10.9 Å². The fourth-order valence-corrected chi connectivity index (χ4v) is 5.15. The third-order valence-electron chi connectivity index (χ3n) is 4.93.